The molecule has 0 aliphatic rings. The summed E-state index contributed by atoms with van der Waals surface area (Å²) in [5.74, 6) is 0.559. The van der Waals surface area contributed by atoms with E-state index >= 15 is 0 Å². The summed E-state index contributed by atoms with van der Waals surface area (Å²) in [5.41, 5.74) is -0.958. The summed E-state index contributed by atoms with van der Waals surface area (Å²) in [7, 11) is 4.64. The maximum absolute atomic E-state index is 11.7. The molecule has 17 heavy (non-hydrogen) atoms. The summed E-state index contributed by atoms with van der Waals surface area (Å²) in [6.45, 7) is 0. The highest BCUT2D eigenvalue weighted by Gasteiger charge is 2.09. The Hall–Kier alpha value is -2.38. The Morgan fingerprint density at radius 3 is 2.47 bits per heavy atom. The Morgan fingerprint density at radius 2 is 1.88 bits per heavy atom. The van der Waals surface area contributed by atoms with E-state index in [1.165, 1.54) is 14.1 Å². The zero-order chi connectivity index (χ0) is 12.6. The fourth-order valence-corrected chi connectivity index (χ4v) is 1.38. The number of anilines is 2. The normalized spacial score (nSPS) is 10.5. The van der Waals surface area contributed by atoms with Crippen LogP contribution in [0.2, 0.25) is 0 Å². The van der Waals surface area contributed by atoms with E-state index in [4.69, 9.17) is 0 Å². The molecule has 1 N–H and O–H groups in total. The van der Waals surface area contributed by atoms with Gasteiger partial charge >= 0.3 is 5.69 Å². The van der Waals surface area contributed by atoms with Crippen LogP contribution in [0, 0.1) is 0 Å². The highest BCUT2D eigenvalue weighted by molar-refractivity contribution is 5.48. The molecule has 0 aliphatic carbocycles. The van der Waals surface area contributed by atoms with Crippen molar-refractivity contribution in [2.45, 2.75) is 0 Å². The molecule has 0 saturated heterocycles. The second-order valence-corrected chi connectivity index (χ2v) is 3.62. The van der Waals surface area contributed by atoms with Gasteiger partial charge in [-0.15, -0.1) is 5.10 Å². The van der Waals surface area contributed by atoms with Gasteiger partial charge in [-0.2, -0.15) is 5.10 Å². The van der Waals surface area contributed by atoms with E-state index in [0.29, 0.717) is 5.82 Å². The van der Waals surface area contributed by atoms with Gasteiger partial charge in [-0.1, -0.05) is 0 Å². The fourth-order valence-electron chi connectivity index (χ4n) is 1.38. The van der Waals surface area contributed by atoms with Crippen LogP contribution < -0.4 is 16.6 Å². The average molecular weight is 236 g/mol. The molecule has 8 nitrogen and oxygen atoms in total. The third-order valence-electron chi connectivity index (χ3n) is 2.28. The summed E-state index contributed by atoms with van der Waals surface area (Å²) in [6.07, 6.45) is 1.73. The zero-order valence-electron chi connectivity index (χ0n) is 9.71. The lowest BCUT2D eigenvalue weighted by atomic mass is 10.6. The van der Waals surface area contributed by atoms with Crippen molar-refractivity contribution in [1.82, 2.24) is 24.1 Å². The summed E-state index contributed by atoms with van der Waals surface area (Å²) in [4.78, 5) is 23.2. The molecule has 0 amide bonds. The minimum absolute atomic E-state index is 0.0632. The summed E-state index contributed by atoms with van der Waals surface area (Å²) in [5, 5.41) is 10.7. The molecule has 2 heterocycles. The molecule has 90 valence electrons. The zero-order valence-corrected chi connectivity index (χ0v) is 9.71. The lowest BCUT2D eigenvalue weighted by Gasteiger charge is -2.05. The monoisotopic (exact) mass is 236 g/mol. The van der Waals surface area contributed by atoms with Crippen LogP contribution in [0.5, 0.6) is 0 Å². The van der Waals surface area contributed by atoms with Gasteiger partial charge in [-0.3, -0.25) is 14.0 Å². The van der Waals surface area contributed by atoms with Gasteiger partial charge in [0.25, 0.3) is 5.56 Å². The summed E-state index contributed by atoms with van der Waals surface area (Å²) < 4.78 is 3.67. The summed E-state index contributed by atoms with van der Waals surface area (Å²) in [6, 6.07) is 1.70. The van der Waals surface area contributed by atoms with Gasteiger partial charge in [0.05, 0.1) is 0 Å². The molecular weight excluding hydrogens is 224 g/mol. The molecule has 0 unspecified atom stereocenters. The number of aryl methyl sites for hydroxylation is 2. The molecule has 0 fully saturated rings. The summed E-state index contributed by atoms with van der Waals surface area (Å²) >= 11 is 0. The number of rotatable bonds is 2. The van der Waals surface area contributed by atoms with Gasteiger partial charge in [0.1, 0.15) is 0 Å². The number of nitrogens with one attached hydrogen (secondary N) is 1. The number of hydrogen-bond acceptors (Lipinski definition) is 5. The van der Waals surface area contributed by atoms with E-state index in [2.05, 4.69) is 15.5 Å². The van der Waals surface area contributed by atoms with E-state index in [-0.39, 0.29) is 5.82 Å². The molecule has 2 aromatic rings. The SMILES string of the molecule is Cn1ccc(Nc2nn(C)c(=O)n(C)c2=O)n1. The lowest BCUT2D eigenvalue weighted by Crippen LogP contribution is -2.39. The topological polar surface area (TPSA) is 86.7 Å². The van der Waals surface area contributed by atoms with Crippen LogP contribution in [-0.2, 0) is 21.1 Å². The van der Waals surface area contributed by atoms with Crippen LogP contribution in [-0.4, -0.2) is 24.1 Å². The molecule has 2 rings (SSSR count). The minimum atomic E-state index is -0.487. The van der Waals surface area contributed by atoms with Gasteiger partial charge < -0.3 is 5.32 Å². The maximum atomic E-state index is 11.7. The Morgan fingerprint density at radius 1 is 1.18 bits per heavy atom. The molecule has 8 heteroatoms. The predicted molar refractivity (Wildman–Crippen MR) is 61.2 cm³/mol. The van der Waals surface area contributed by atoms with Gasteiger partial charge in [0.2, 0.25) is 5.82 Å². The van der Waals surface area contributed by atoms with Crippen molar-refractivity contribution < 1.29 is 0 Å². The molecule has 0 atom stereocenters. The van der Waals surface area contributed by atoms with Crippen molar-refractivity contribution in [2.24, 2.45) is 21.1 Å². The molecule has 0 saturated carbocycles. The van der Waals surface area contributed by atoms with E-state index < -0.39 is 11.2 Å². The Bertz CT molecular complexity index is 665. The van der Waals surface area contributed by atoms with Crippen molar-refractivity contribution in [3.05, 3.63) is 33.1 Å². The van der Waals surface area contributed by atoms with Crippen molar-refractivity contribution in [1.29, 1.82) is 0 Å². The minimum Gasteiger partial charge on any atom is -0.317 e. The second-order valence-electron chi connectivity index (χ2n) is 3.62. The number of aromatic nitrogens is 5. The largest absolute Gasteiger partial charge is 0.346 e. The van der Waals surface area contributed by atoms with E-state index in [1.807, 2.05) is 0 Å². The Balaban J connectivity index is 2.47. The van der Waals surface area contributed by atoms with Crippen molar-refractivity contribution in [2.75, 3.05) is 5.32 Å². The lowest BCUT2D eigenvalue weighted by molar-refractivity contribution is 0.606. The number of hydrogen-bond donors (Lipinski definition) is 1. The molecule has 0 aliphatic heterocycles. The van der Waals surface area contributed by atoms with Crippen molar-refractivity contribution in [3.8, 4) is 0 Å². The molecule has 2 aromatic heterocycles. The first-order valence-electron chi connectivity index (χ1n) is 4.90. The first-order valence-corrected chi connectivity index (χ1v) is 4.90. The van der Waals surface area contributed by atoms with E-state index in [0.717, 1.165) is 9.25 Å². The maximum Gasteiger partial charge on any atom is 0.346 e. The standard InChI is InChI=1S/C9H12N6O2/c1-13-5-4-6(11-13)10-7-8(16)14(2)9(17)15(3)12-7/h4-5H,1-3H3,(H,10,11,12). The van der Waals surface area contributed by atoms with Gasteiger partial charge in [-0.25, -0.2) is 9.48 Å². The first-order chi connectivity index (χ1) is 7.99. The van der Waals surface area contributed by atoms with Crippen molar-refractivity contribution in [3.63, 3.8) is 0 Å². The van der Waals surface area contributed by atoms with Crippen LogP contribution in [0.25, 0.3) is 0 Å². The van der Waals surface area contributed by atoms with Gasteiger partial charge in [-0.05, 0) is 0 Å². The van der Waals surface area contributed by atoms with Gasteiger partial charge in [0.15, 0.2) is 5.82 Å². The molecule has 0 aromatic carbocycles. The van der Waals surface area contributed by atoms with Crippen molar-refractivity contribution >= 4 is 11.6 Å². The van der Waals surface area contributed by atoms with E-state index in [1.54, 1.807) is 24.0 Å². The van der Waals surface area contributed by atoms with E-state index in [9.17, 15) is 9.59 Å². The smallest absolute Gasteiger partial charge is 0.317 e. The third kappa shape index (κ3) is 1.96. The molecular formula is C9H12N6O2. The van der Waals surface area contributed by atoms with Crippen LogP contribution in [0.3, 0.4) is 0 Å². The van der Waals surface area contributed by atoms with Crippen LogP contribution in [0.4, 0.5) is 11.6 Å². The highest BCUT2D eigenvalue weighted by Crippen LogP contribution is 2.05. The van der Waals surface area contributed by atoms with Crippen LogP contribution >= 0.6 is 0 Å². The first kappa shape index (κ1) is 11.1. The third-order valence-corrected chi connectivity index (χ3v) is 2.28. The van der Waals surface area contributed by atoms with Crippen LogP contribution in [0.1, 0.15) is 0 Å². The molecule has 0 bridgehead atoms. The molecule has 0 spiro atoms. The predicted octanol–water partition coefficient (Wildman–Crippen LogP) is -1.04. The number of nitrogens with zero attached hydrogens (tertiary/aromatic N) is 5. The van der Waals surface area contributed by atoms with Gasteiger partial charge in [0, 0.05) is 33.4 Å². The Labute approximate surface area is 96.1 Å². The average Bonchev–Trinajstić information content (AvgIpc) is 2.69. The fraction of sp³-hybridized carbons (Fsp3) is 0.333. The second kappa shape index (κ2) is 3.89. The molecule has 0 radical (unpaired) electrons. The highest BCUT2D eigenvalue weighted by atomic mass is 16.2. The quantitative estimate of drug-likeness (QED) is 0.719. The van der Waals surface area contributed by atoms with Crippen LogP contribution in [0.15, 0.2) is 21.9 Å². The Kier molecular flexibility index (Phi) is 2.54.